The van der Waals surface area contributed by atoms with Gasteiger partial charge in [-0.05, 0) is 30.7 Å². The minimum absolute atomic E-state index is 0.161. The predicted octanol–water partition coefficient (Wildman–Crippen LogP) is 3.59. The molecular formula is C21H17F3N4O2. The molecule has 1 saturated heterocycles. The van der Waals surface area contributed by atoms with E-state index < -0.39 is 29.3 Å². The second-order valence-corrected chi connectivity index (χ2v) is 6.98. The predicted molar refractivity (Wildman–Crippen MR) is 103 cm³/mol. The van der Waals surface area contributed by atoms with Gasteiger partial charge in [0.25, 0.3) is 5.91 Å². The lowest BCUT2D eigenvalue weighted by atomic mass is 10.1. The number of pyridine rings is 1. The van der Waals surface area contributed by atoms with Crippen LogP contribution < -0.4 is 5.32 Å². The van der Waals surface area contributed by atoms with Crippen molar-refractivity contribution in [3.63, 3.8) is 0 Å². The molecule has 2 amide bonds. The summed E-state index contributed by atoms with van der Waals surface area (Å²) in [6.07, 6.45) is 2.05. The van der Waals surface area contributed by atoms with Gasteiger partial charge in [0.2, 0.25) is 5.91 Å². The summed E-state index contributed by atoms with van der Waals surface area (Å²) in [4.78, 5) is 34.0. The normalized spacial score (nSPS) is 16.0. The number of hydrogen-bond acceptors (Lipinski definition) is 3. The number of carbonyl (C=O) groups is 2. The van der Waals surface area contributed by atoms with Gasteiger partial charge in [0.15, 0.2) is 17.5 Å². The number of aromatic amines is 1. The van der Waals surface area contributed by atoms with Crippen molar-refractivity contribution < 1.29 is 22.8 Å². The zero-order valence-electron chi connectivity index (χ0n) is 15.7. The molecule has 4 rings (SSSR count). The van der Waals surface area contributed by atoms with Crippen molar-refractivity contribution in [3.05, 3.63) is 71.8 Å². The fraction of sp³-hybridized carbons (Fsp3) is 0.190. The number of nitrogens with one attached hydrogen (secondary N) is 2. The molecule has 1 aliphatic heterocycles. The summed E-state index contributed by atoms with van der Waals surface area (Å²) < 4.78 is 39.7. The molecule has 30 heavy (non-hydrogen) atoms. The molecule has 0 saturated carbocycles. The van der Waals surface area contributed by atoms with E-state index in [4.69, 9.17) is 0 Å². The molecular weight excluding hydrogens is 397 g/mol. The lowest BCUT2D eigenvalue weighted by Crippen LogP contribution is -2.31. The van der Waals surface area contributed by atoms with Gasteiger partial charge in [0, 0.05) is 37.1 Å². The summed E-state index contributed by atoms with van der Waals surface area (Å²) in [6, 6.07) is 10.3. The molecule has 0 unspecified atom stereocenters. The van der Waals surface area contributed by atoms with Crippen LogP contribution in [-0.2, 0) is 4.79 Å². The van der Waals surface area contributed by atoms with Crippen molar-refractivity contribution in [2.75, 3.05) is 18.4 Å². The van der Waals surface area contributed by atoms with Crippen LogP contribution in [0, 0.1) is 23.4 Å². The van der Waals surface area contributed by atoms with E-state index >= 15 is 0 Å². The molecule has 2 N–H and O–H groups in total. The summed E-state index contributed by atoms with van der Waals surface area (Å²) >= 11 is 0. The molecule has 3 heterocycles. The quantitative estimate of drug-likeness (QED) is 0.641. The highest BCUT2D eigenvalue weighted by atomic mass is 19.2. The summed E-state index contributed by atoms with van der Waals surface area (Å²) in [6.45, 7) is 0.524. The highest BCUT2D eigenvalue weighted by Crippen LogP contribution is 2.23. The smallest absolute Gasteiger partial charge is 0.270 e. The number of aromatic nitrogens is 2. The van der Waals surface area contributed by atoms with Crippen LogP contribution in [0.4, 0.5) is 18.9 Å². The minimum atomic E-state index is -1.60. The number of halogens is 3. The van der Waals surface area contributed by atoms with E-state index in [2.05, 4.69) is 15.3 Å². The average molecular weight is 414 g/mol. The van der Waals surface area contributed by atoms with Gasteiger partial charge in [-0.2, -0.15) is 0 Å². The Morgan fingerprint density at radius 3 is 2.57 bits per heavy atom. The Hall–Kier alpha value is -3.62. The second kappa shape index (κ2) is 8.02. The van der Waals surface area contributed by atoms with Crippen LogP contribution in [0.1, 0.15) is 16.9 Å². The molecule has 1 atom stereocenters. The zero-order chi connectivity index (χ0) is 21.3. The average Bonchev–Trinajstić information content (AvgIpc) is 3.42. The molecule has 9 heteroatoms. The second-order valence-electron chi connectivity index (χ2n) is 6.98. The van der Waals surface area contributed by atoms with Crippen molar-refractivity contribution in [2.24, 2.45) is 5.92 Å². The van der Waals surface area contributed by atoms with Crippen LogP contribution in [0.3, 0.4) is 0 Å². The van der Waals surface area contributed by atoms with Crippen LogP contribution in [-0.4, -0.2) is 39.8 Å². The standard InChI is InChI=1S/C21H17F3N4O2/c22-14-9-13(10-15(23)19(14)24)26-20(29)12-6-8-28(11-12)21(30)18-5-4-17(27-18)16-3-1-2-7-25-16/h1-5,7,9-10,12,27H,6,8,11H2,(H,26,29)/t12-/m0/s1. The zero-order valence-corrected chi connectivity index (χ0v) is 15.7. The first kappa shape index (κ1) is 19.7. The maximum atomic E-state index is 13.3. The fourth-order valence-electron chi connectivity index (χ4n) is 3.39. The Bertz CT molecular complexity index is 1080. The van der Waals surface area contributed by atoms with E-state index in [-0.39, 0.29) is 18.1 Å². The van der Waals surface area contributed by atoms with Crippen LogP contribution in [0.5, 0.6) is 0 Å². The number of carbonyl (C=O) groups excluding carboxylic acids is 2. The van der Waals surface area contributed by atoms with Gasteiger partial charge >= 0.3 is 0 Å². The fourth-order valence-corrected chi connectivity index (χ4v) is 3.39. The number of nitrogens with zero attached hydrogens (tertiary/aromatic N) is 2. The van der Waals surface area contributed by atoms with Gasteiger partial charge in [-0.15, -0.1) is 0 Å². The van der Waals surface area contributed by atoms with Gasteiger partial charge in [-0.25, -0.2) is 13.2 Å². The van der Waals surface area contributed by atoms with Gasteiger partial charge in [-0.3, -0.25) is 14.6 Å². The Balaban J connectivity index is 1.40. The van der Waals surface area contributed by atoms with Crippen molar-refractivity contribution >= 4 is 17.5 Å². The Morgan fingerprint density at radius 2 is 1.87 bits per heavy atom. The third kappa shape index (κ3) is 3.91. The third-order valence-corrected chi connectivity index (χ3v) is 4.95. The molecule has 2 aromatic heterocycles. The maximum Gasteiger partial charge on any atom is 0.270 e. The number of likely N-dealkylation sites (tertiary alicyclic amines) is 1. The van der Waals surface area contributed by atoms with Crippen LogP contribution >= 0.6 is 0 Å². The summed E-state index contributed by atoms with van der Waals surface area (Å²) in [5.74, 6) is -5.66. The van der Waals surface area contributed by atoms with Crippen molar-refractivity contribution in [1.82, 2.24) is 14.9 Å². The first-order chi connectivity index (χ1) is 14.4. The maximum absolute atomic E-state index is 13.3. The lowest BCUT2D eigenvalue weighted by Gasteiger charge is -2.16. The van der Waals surface area contributed by atoms with E-state index in [1.165, 1.54) is 4.90 Å². The molecule has 0 aliphatic carbocycles. The molecule has 0 spiro atoms. The van der Waals surface area contributed by atoms with Crippen molar-refractivity contribution in [3.8, 4) is 11.4 Å². The first-order valence-corrected chi connectivity index (χ1v) is 9.27. The van der Waals surface area contributed by atoms with Crippen LogP contribution in [0.15, 0.2) is 48.7 Å². The molecule has 1 fully saturated rings. The summed E-state index contributed by atoms with van der Waals surface area (Å²) in [5, 5.41) is 2.38. The van der Waals surface area contributed by atoms with E-state index in [0.717, 1.165) is 0 Å². The van der Waals surface area contributed by atoms with Gasteiger partial charge in [0.1, 0.15) is 5.69 Å². The van der Waals surface area contributed by atoms with Gasteiger partial charge in [-0.1, -0.05) is 6.07 Å². The SMILES string of the molecule is O=C(Nc1cc(F)c(F)c(F)c1)[C@H]1CCN(C(=O)c2ccc(-c3ccccn3)[nH]2)C1. The molecule has 154 valence electrons. The Morgan fingerprint density at radius 1 is 1.10 bits per heavy atom. The van der Waals surface area contributed by atoms with Crippen molar-refractivity contribution in [1.29, 1.82) is 0 Å². The third-order valence-electron chi connectivity index (χ3n) is 4.95. The first-order valence-electron chi connectivity index (χ1n) is 9.27. The number of hydrogen-bond donors (Lipinski definition) is 2. The van der Waals surface area contributed by atoms with Crippen LogP contribution in [0.2, 0.25) is 0 Å². The number of H-pyrrole nitrogens is 1. The van der Waals surface area contributed by atoms with Gasteiger partial charge < -0.3 is 15.2 Å². The number of anilines is 1. The Labute approximate surface area is 169 Å². The highest BCUT2D eigenvalue weighted by molar-refractivity contribution is 5.96. The van der Waals surface area contributed by atoms with E-state index in [9.17, 15) is 22.8 Å². The number of rotatable bonds is 4. The summed E-state index contributed by atoms with van der Waals surface area (Å²) in [5.41, 5.74) is 1.60. The summed E-state index contributed by atoms with van der Waals surface area (Å²) in [7, 11) is 0. The van der Waals surface area contributed by atoms with E-state index in [1.54, 1.807) is 24.4 Å². The van der Waals surface area contributed by atoms with Gasteiger partial charge in [0.05, 0.1) is 17.3 Å². The minimum Gasteiger partial charge on any atom is -0.349 e. The number of benzene rings is 1. The number of amides is 2. The van der Waals surface area contributed by atoms with Crippen molar-refractivity contribution in [2.45, 2.75) is 6.42 Å². The molecule has 1 aromatic carbocycles. The topological polar surface area (TPSA) is 78.1 Å². The van der Waals surface area contributed by atoms with E-state index in [1.807, 2.05) is 12.1 Å². The molecule has 0 radical (unpaired) electrons. The monoisotopic (exact) mass is 414 g/mol. The van der Waals surface area contributed by atoms with Crippen LogP contribution in [0.25, 0.3) is 11.4 Å². The molecule has 1 aliphatic rings. The lowest BCUT2D eigenvalue weighted by molar-refractivity contribution is -0.119. The molecule has 6 nitrogen and oxygen atoms in total. The molecule has 3 aromatic rings. The molecule has 0 bridgehead atoms. The van der Waals surface area contributed by atoms with E-state index in [0.29, 0.717) is 42.2 Å². The highest BCUT2D eigenvalue weighted by Gasteiger charge is 2.32. The largest absolute Gasteiger partial charge is 0.349 e. The Kier molecular flexibility index (Phi) is 5.26.